The Morgan fingerprint density at radius 2 is 2.04 bits per heavy atom. The number of benzene rings is 1. The average Bonchev–Trinajstić information content (AvgIpc) is 3.11. The number of hydrogen-bond acceptors (Lipinski definition) is 4. The standard InChI is InChI=1S/C16H26N4O2S2/c1-2-17-16(19-13-14-7-6-12-23-14)18-10-11-20-24(21,22)15-8-4-3-5-9-15/h3-5,8-9,14,20H,2,6-7,10-13H2,1H3,(H2,17,18,19). The van der Waals surface area contributed by atoms with Gasteiger partial charge in [0, 0.05) is 24.9 Å². The Hall–Kier alpha value is -1.25. The van der Waals surface area contributed by atoms with Gasteiger partial charge in [-0.3, -0.25) is 4.99 Å². The van der Waals surface area contributed by atoms with Crippen molar-refractivity contribution in [3.63, 3.8) is 0 Å². The summed E-state index contributed by atoms with van der Waals surface area (Å²) in [5, 5.41) is 6.97. The molecule has 1 aliphatic rings. The minimum Gasteiger partial charge on any atom is -0.357 e. The second-order valence-corrected chi connectivity index (χ2v) is 8.67. The van der Waals surface area contributed by atoms with Crippen LogP contribution in [0.15, 0.2) is 40.2 Å². The number of rotatable bonds is 8. The monoisotopic (exact) mass is 370 g/mol. The molecule has 2 rings (SSSR count). The van der Waals surface area contributed by atoms with Gasteiger partial charge in [0.25, 0.3) is 0 Å². The lowest BCUT2D eigenvalue weighted by Gasteiger charge is -2.13. The number of thioether (sulfide) groups is 1. The van der Waals surface area contributed by atoms with Crippen LogP contribution in [0.5, 0.6) is 0 Å². The fourth-order valence-corrected chi connectivity index (χ4v) is 4.61. The molecule has 0 aromatic heterocycles. The quantitative estimate of drug-likeness (QED) is 0.366. The minimum atomic E-state index is -3.45. The highest BCUT2D eigenvalue weighted by Gasteiger charge is 2.15. The Morgan fingerprint density at radius 1 is 1.25 bits per heavy atom. The molecular formula is C16H26N4O2S2. The van der Waals surface area contributed by atoms with Crippen LogP contribution < -0.4 is 15.4 Å². The van der Waals surface area contributed by atoms with Crippen LogP contribution in [0.2, 0.25) is 0 Å². The maximum Gasteiger partial charge on any atom is 0.240 e. The highest BCUT2D eigenvalue weighted by molar-refractivity contribution is 8.00. The van der Waals surface area contributed by atoms with Crippen LogP contribution >= 0.6 is 11.8 Å². The highest BCUT2D eigenvalue weighted by atomic mass is 32.2. The number of guanidine groups is 1. The summed E-state index contributed by atoms with van der Waals surface area (Å²) in [6.07, 6.45) is 2.50. The third-order valence-corrected chi connectivity index (χ3v) is 6.44. The Balaban J connectivity index is 1.76. The van der Waals surface area contributed by atoms with Crippen molar-refractivity contribution in [3.05, 3.63) is 30.3 Å². The molecule has 1 heterocycles. The summed E-state index contributed by atoms with van der Waals surface area (Å²) in [6, 6.07) is 8.39. The van der Waals surface area contributed by atoms with Crippen LogP contribution in [0, 0.1) is 0 Å². The van der Waals surface area contributed by atoms with E-state index in [0.717, 1.165) is 19.0 Å². The lowest BCUT2D eigenvalue weighted by Crippen LogP contribution is -2.41. The van der Waals surface area contributed by atoms with Gasteiger partial charge in [0.2, 0.25) is 10.0 Å². The smallest absolute Gasteiger partial charge is 0.240 e. The molecule has 1 saturated heterocycles. The van der Waals surface area contributed by atoms with Crippen LogP contribution in [-0.2, 0) is 10.0 Å². The molecule has 6 nitrogen and oxygen atoms in total. The third-order valence-electron chi connectivity index (χ3n) is 3.58. The third kappa shape index (κ3) is 6.33. The predicted molar refractivity (Wildman–Crippen MR) is 101 cm³/mol. The van der Waals surface area contributed by atoms with Crippen molar-refractivity contribution in [1.82, 2.24) is 15.4 Å². The van der Waals surface area contributed by atoms with Crippen molar-refractivity contribution < 1.29 is 8.42 Å². The molecule has 3 N–H and O–H groups in total. The SMILES string of the molecule is CCNC(=NCC1CCCS1)NCCNS(=O)(=O)c1ccccc1. The molecule has 1 aliphatic heterocycles. The zero-order chi connectivity index (χ0) is 17.3. The van der Waals surface area contributed by atoms with E-state index in [1.807, 2.05) is 18.7 Å². The van der Waals surface area contributed by atoms with E-state index in [1.54, 1.807) is 30.3 Å². The van der Waals surface area contributed by atoms with E-state index in [9.17, 15) is 8.42 Å². The van der Waals surface area contributed by atoms with Gasteiger partial charge in [-0.05, 0) is 37.7 Å². The molecular weight excluding hydrogens is 344 g/mol. The van der Waals surface area contributed by atoms with Crippen molar-refractivity contribution in [2.75, 3.05) is 31.9 Å². The summed E-state index contributed by atoms with van der Waals surface area (Å²) >= 11 is 1.98. The first-order valence-corrected chi connectivity index (χ1v) is 10.8. The second kappa shape index (κ2) is 9.90. The lowest BCUT2D eigenvalue weighted by molar-refractivity contribution is 0.580. The van der Waals surface area contributed by atoms with Gasteiger partial charge in [0.1, 0.15) is 0 Å². The second-order valence-electron chi connectivity index (χ2n) is 5.49. The van der Waals surface area contributed by atoms with Crippen molar-refractivity contribution in [2.45, 2.75) is 29.9 Å². The molecule has 0 aliphatic carbocycles. The fourth-order valence-electron chi connectivity index (χ4n) is 2.37. The summed E-state index contributed by atoms with van der Waals surface area (Å²) in [7, 11) is -3.45. The molecule has 1 aromatic rings. The number of nitrogens with one attached hydrogen (secondary N) is 3. The first-order valence-electron chi connectivity index (χ1n) is 8.30. The first-order chi connectivity index (χ1) is 11.6. The molecule has 0 spiro atoms. The van der Waals surface area contributed by atoms with Gasteiger partial charge in [-0.15, -0.1) is 0 Å². The number of aliphatic imine (C=N–C) groups is 1. The van der Waals surface area contributed by atoms with Crippen LogP contribution in [-0.4, -0.2) is 51.6 Å². The fraction of sp³-hybridized carbons (Fsp3) is 0.562. The summed E-state index contributed by atoms with van der Waals surface area (Å²) in [4.78, 5) is 4.87. The average molecular weight is 371 g/mol. The van der Waals surface area contributed by atoms with Crippen molar-refractivity contribution in [3.8, 4) is 0 Å². The largest absolute Gasteiger partial charge is 0.357 e. The molecule has 0 bridgehead atoms. The zero-order valence-corrected chi connectivity index (χ0v) is 15.6. The van der Waals surface area contributed by atoms with E-state index in [-0.39, 0.29) is 4.90 Å². The Bertz CT molecular complexity index is 614. The maximum absolute atomic E-state index is 12.1. The van der Waals surface area contributed by atoms with Gasteiger partial charge in [-0.2, -0.15) is 11.8 Å². The van der Waals surface area contributed by atoms with Crippen LogP contribution in [0.4, 0.5) is 0 Å². The predicted octanol–water partition coefficient (Wildman–Crippen LogP) is 1.42. The van der Waals surface area contributed by atoms with Gasteiger partial charge in [-0.1, -0.05) is 18.2 Å². The van der Waals surface area contributed by atoms with Gasteiger partial charge in [0.15, 0.2) is 5.96 Å². The topological polar surface area (TPSA) is 82.6 Å². The molecule has 0 saturated carbocycles. The molecule has 0 radical (unpaired) electrons. The molecule has 8 heteroatoms. The molecule has 24 heavy (non-hydrogen) atoms. The van der Waals surface area contributed by atoms with E-state index in [1.165, 1.54) is 18.6 Å². The highest BCUT2D eigenvalue weighted by Crippen LogP contribution is 2.25. The van der Waals surface area contributed by atoms with Crippen LogP contribution in [0.3, 0.4) is 0 Å². The first kappa shape index (κ1) is 19.1. The van der Waals surface area contributed by atoms with Gasteiger partial charge in [-0.25, -0.2) is 13.1 Å². The summed E-state index contributed by atoms with van der Waals surface area (Å²) in [6.45, 7) is 4.38. The van der Waals surface area contributed by atoms with E-state index in [2.05, 4.69) is 20.3 Å². The van der Waals surface area contributed by atoms with Gasteiger partial charge in [0.05, 0.1) is 11.4 Å². The van der Waals surface area contributed by atoms with E-state index in [0.29, 0.717) is 18.3 Å². The van der Waals surface area contributed by atoms with E-state index < -0.39 is 10.0 Å². The normalized spacial score (nSPS) is 18.5. The Labute approximate surface area is 149 Å². The Kier molecular flexibility index (Phi) is 7.87. The lowest BCUT2D eigenvalue weighted by atomic mass is 10.2. The molecule has 1 fully saturated rings. The molecule has 1 aromatic carbocycles. The van der Waals surface area contributed by atoms with Crippen molar-refractivity contribution in [2.24, 2.45) is 4.99 Å². The van der Waals surface area contributed by atoms with Crippen LogP contribution in [0.25, 0.3) is 0 Å². The van der Waals surface area contributed by atoms with Crippen LogP contribution in [0.1, 0.15) is 19.8 Å². The number of nitrogens with zero attached hydrogens (tertiary/aromatic N) is 1. The number of hydrogen-bond donors (Lipinski definition) is 3. The van der Waals surface area contributed by atoms with Crippen molar-refractivity contribution >= 4 is 27.7 Å². The molecule has 134 valence electrons. The molecule has 1 atom stereocenters. The van der Waals surface area contributed by atoms with Gasteiger partial charge >= 0.3 is 0 Å². The summed E-state index contributed by atoms with van der Waals surface area (Å²) in [5.74, 6) is 1.97. The van der Waals surface area contributed by atoms with E-state index >= 15 is 0 Å². The van der Waals surface area contributed by atoms with E-state index in [4.69, 9.17) is 0 Å². The zero-order valence-electron chi connectivity index (χ0n) is 14.0. The summed E-state index contributed by atoms with van der Waals surface area (Å²) < 4.78 is 26.8. The number of sulfonamides is 1. The molecule has 1 unspecified atom stereocenters. The van der Waals surface area contributed by atoms with Crippen molar-refractivity contribution in [1.29, 1.82) is 0 Å². The maximum atomic E-state index is 12.1. The minimum absolute atomic E-state index is 0.281. The molecule has 0 amide bonds. The van der Waals surface area contributed by atoms with Gasteiger partial charge < -0.3 is 10.6 Å². The summed E-state index contributed by atoms with van der Waals surface area (Å²) in [5.41, 5.74) is 0. The Morgan fingerprint density at radius 3 is 2.71 bits per heavy atom.